The molecule has 1 fully saturated rings. The highest BCUT2D eigenvalue weighted by Crippen LogP contribution is 2.29. The van der Waals surface area contributed by atoms with Gasteiger partial charge in [0.2, 0.25) is 5.91 Å². The summed E-state index contributed by atoms with van der Waals surface area (Å²) in [6.07, 6.45) is -3.00. The molecule has 0 radical (unpaired) electrons. The highest BCUT2D eigenvalue weighted by Gasteiger charge is 2.30. The first-order valence-electron chi connectivity index (χ1n) is 10.8. The molecule has 33 heavy (non-hydrogen) atoms. The number of carbonyl (C=O) groups is 1. The maximum absolute atomic E-state index is 12.8. The van der Waals surface area contributed by atoms with Crippen LogP contribution in [0.3, 0.4) is 0 Å². The van der Waals surface area contributed by atoms with E-state index in [1.54, 1.807) is 18.2 Å². The van der Waals surface area contributed by atoms with Crippen LogP contribution in [-0.4, -0.2) is 48.4 Å². The maximum Gasteiger partial charge on any atom is 0.416 e. The van der Waals surface area contributed by atoms with Crippen molar-refractivity contribution >= 4 is 17.5 Å². The smallest absolute Gasteiger partial charge is 0.368 e. The summed E-state index contributed by atoms with van der Waals surface area (Å²) in [5.41, 5.74) is 1.90. The number of halogens is 4. The van der Waals surface area contributed by atoms with Gasteiger partial charge in [0.05, 0.1) is 18.3 Å². The fourth-order valence-corrected chi connectivity index (χ4v) is 3.77. The molecule has 2 aromatic carbocycles. The highest BCUT2D eigenvalue weighted by molar-refractivity contribution is 6.30. The summed E-state index contributed by atoms with van der Waals surface area (Å²) in [6, 6.07) is 12.4. The fraction of sp³-hybridized carbons (Fsp3) is 0.400. The Morgan fingerprint density at radius 1 is 1.03 bits per heavy atom. The quantitative estimate of drug-likeness (QED) is 0.475. The topological polar surface area (TPSA) is 32.8 Å². The molecule has 0 unspecified atom stereocenters. The lowest BCUT2D eigenvalue weighted by atomic mass is 10.1. The average molecular weight is 481 g/mol. The predicted octanol–water partition coefficient (Wildman–Crippen LogP) is 5.73. The van der Waals surface area contributed by atoms with E-state index >= 15 is 0 Å². The summed E-state index contributed by atoms with van der Waals surface area (Å²) in [4.78, 5) is 16.3. The second-order valence-corrected chi connectivity index (χ2v) is 8.83. The van der Waals surface area contributed by atoms with Gasteiger partial charge in [-0.1, -0.05) is 41.4 Å². The van der Waals surface area contributed by atoms with Crippen molar-refractivity contribution in [3.05, 3.63) is 81.9 Å². The molecule has 0 spiro atoms. The number of piperazine rings is 1. The van der Waals surface area contributed by atoms with Crippen LogP contribution in [0, 0.1) is 0 Å². The number of benzene rings is 2. The second-order valence-electron chi connectivity index (χ2n) is 8.39. The van der Waals surface area contributed by atoms with Crippen molar-refractivity contribution < 1.29 is 22.7 Å². The van der Waals surface area contributed by atoms with Gasteiger partial charge in [0.25, 0.3) is 0 Å². The monoisotopic (exact) mass is 480 g/mol. The van der Waals surface area contributed by atoms with E-state index < -0.39 is 11.7 Å². The van der Waals surface area contributed by atoms with E-state index in [2.05, 4.69) is 4.90 Å². The number of alkyl halides is 3. The Kier molecular flexibility index (Phi) is 8.57. The van der Waals surface area contributed by atoms with Crippen molar-refractivity contribution in [3.63, 3.8) is 0 Å². The van der Waals surface area contributed by atoms with Crippen LogP contribution in [0.1, 0.15) is 36.6 Å². The number of allylic oxidation sites excluding steroid dienone is 1. The van der Waals surface area contributed by atoms with Crippen LogP contribution in [0.2, 0.25) is 5.02 Å². The van der Waals surface area contributed by atoms with Crippen LogP contribution in [-0.2, 0) is 22.3 Å². The molecule has 1 saturated heterocycles. The first-order valence-corrected chi connectivity index (χ1v) is 11.2. The van der Waals surface area contributed by atoms with Crippen LogP contribution in [0.4, 0.5) is 13.2 Å². The zero-order chi connectivity index (χ0) is 24.0. The van der Waals surface area contributed by atoms with Crippen LogP contribution < -0.4 is 0 Å². The minimum atomic E-state index is -4.36. The van der Waals surface area contributed by atoms with Gasteiger partial charge in [-0.3, -0.25) is 9.69 Å². The van der Waals surface area contributed by atoms with Crippen molar-refractivity contribution in [2.75, 3.05) is 32.7 Å². The Bertz CT molecular complexity index is 947. The Morgan fingerprint density at radius 3 is 2.18 bits per heavy atom. The van der Waals surface area contributed by atoms with E-state index in [-0.39, 0.29) is 18.6 Å². The van der Waals surface area contributed by atoms with Crippen LogP contribution in [0.15, 0.2) is 60.2 Å². The zero-order valence-corrected chi connectivity index (χ0v) is 19.5. The number of ether oxygens (including phenoxy) is 1. The SMILES string of the molecule is CC(C)=CC(=O)N1CCN(C[C@H](OCc2ccc(C(F)(F)F)cc2)c2ccc(Cl)cc2)CC1. The standard InChI is InChI=1S/C25H28ClF3N2O2/c1-18(2)15-24(32)31-13-11-30(12-14-31)16-23(20-5-9-22(26)10-6-20)33-17-19-3-7-21(8-4-19)25(27,28)29/h3-10,15,23H,11-14,16-17H2,1-2H3/t23-/m0/s1. The van der Waals surface area contributed by atoms with Gasteiger partial charge < -0.3 is 9.64 Å². The summed E-state index contributed by atoms with van der Waals surface area (Å²) >= 11 is 6.03. The zero-order valence-electron chi connectivity index (χ0n) is 18.7. The molecular weight excluding hydrogens is 453 g/mol. The number of nitrogens with zero attached hydrogens (tertiary/aromatic N) is 2. The molecule has 1 atom stereocenters. The molecule has 178 valence electrons. The van der Waals surface area contributed by atoms with Crippen LogP contribution in [0.5, 0.6) is 0 Å². The molecule has 8 heteroatoms. The van der Waals surface area contributed by atoms with Gasteiger partial charge in [0.1, 0.15) is 0 Å². The molecule has 0 saturated carbocycles. The van der Waals surface area contributed by atoms with Gasteiger partial charge in [-0.25, -0.2) is 0 Å². The fourth-order valence-electron chi connectivity index (χ4n) is 3.64. The Hall–Kier alpha value is -2.35. The maximum atomic E-state index is 12.8. The molecule has 0 aromatic heterocycles. The number of hydrogen-bond donors (Lipinski definition) is 0. The molecule has 0 N–H and O–H groups in total. The Morgan fingerprint density at radius 2 is 1.64 bits per heavy atom. The molecule has 4 nitrogen and oxygen atoms in total. The number of rotatable bonds is 7. The lowest BCUT2D eigenvalue weighted by Gasteiger charge is -2.36. The minimum absolute atomic E-state index is 0.0301. The van der Waals surface area contributed by atoms with Crippen molar-refractivity contribution in [2.24, 2.45) is 0 Å². The number of amides is 1. The van der Waals surface area contributed by atoms with E-state index in [0.717, 1.165) is 36.4 Å². The van der Waals surface area contributed by atoms with E-state index in [9.17, 15) is 18.0 Å². The molecule has 0 aliphatic carbocycles. The van der Waals surface area contributed by atoms with E-state index in [0.29, 0.717) is 30.2 Å². The third-order valence-corrected chi connectivity index (χ3v) is 5.75. The van der Waals surface area contributed by atoms with Gasteiger partial charge in [-0.05, 0) is 49.2 Å². The molecule has 2 aromatic rings. The normalized spacial score (nSPS) is 15.9. The van der Waals surface area contributed by atoms with Gasteiger partial charge >= 0.3 is 6.18 Å². The third-order valence-electron chi connectivity index (χ3n) is 5.49. The average Bonchev–Trinajstić information content (AvgIpc) is 2.77. The summed E-state index contributed by atoms with van der Waals surface area (Å²) in [7, 11) is 0. The third kappa shape index (κ3) is 7.59. The predicted molar refractivity (Wildman–Crippen MR) is 123 cm³/mol. The van der Waals surface area contributed by atoms with Crippen molar-refractivity contribution in [2.45, 2.75) is 32.7 Å². The van der Waals surface area contributed by atoms with Gasteiger partial charge in [0.15, 0.2) is 0 Å². The van der Waals surface area contributed by atoms with Crippen molar-refractivity contribution in [1.29, 1.82) is 0 Å². The van der Waals surface area contributed by atoms with Gasteiger partial charge in [-0.15, -0.1) is 0 Å². The van der Waals surface area contributed by atoms with Crippen molar-refractivity contribution in [1.82, 2.24) is 9.80 Å². The lowest BCUT2D eigenvalue weighted by Crippen LogP contribution is -2.49. The van der Waals surface area contributed by atoms with Crippen LogP contribution >= 0.6 is 11.6 Å². The first kappa shape index (κ1) is 25.3. The molecule has 1 heterocycles. The van der Waals surface area contributed by atoms with Gasteiger partial charge in [0, 0.05) is 43.8 Å². The Balaban J connectivity index is 1.64. The highest BCUT2D eigenvalue weighted by atomic mass is 35.5. The number of carbonyl (C=O) groups excluding carboxylic acids is 1. The second kappa shape index (κ2) is 11.2. The minimum Gasteiger partial charge on any atom is -0.368 e. The van der Waals surface area contributed by atoms with Crippen LogP contribution in [0.25, 0.3) is 0 Å². The molecule has 1 amide bonds. The van der Waals surface area contributed by atoms with E-state index in [1.807, 2.05) is 30.9 Å². The summed E-state index contributed by atoms with van der Waals surface area (Å²) in [5.74, 6) is 0.0301. The summed E-state index contributed by atoms with van der Waals surface area (Å²) < 4.78 is 44.6. The Labute approximate surface area is 197 Å². The lowest BCUT2D eigenvalue weighted by molar-refractivity contribution is -0.137. The van der Waals surface area contributed by atoms with E-state index in [1.165, 1.54) is 12.1 Å². The van der Waals surface area contributed by atoms with Gasteiger partial charge in [-0.2, -0.15) is 13.2 Å². The number of hydrogen-bond acceptors (Lipinski definition) is 3. The van der Waals surface area contributed by atoms with E-state index in [4.69, 9.17) is 16.3 Å². The molecule has 0 bridgehead atoms. The largest absolute Gasteiger partial charge is 0.416 e. The molecule has 3 rings (SSSR count). The summed E-state index contributed by atoms with van der Waals surface area (Å²) in [5, 5.41) is 0.617. The summed E-state index contributed by atoms with van der Waals surface area (Å²) in [6.45, 7) is 7.30. The first-order chi connectivity index (χ1) is 15.6. The molecular formula is C25H28ClF3N2O2. The van der Waals surface area contributed by atoms with Crippen molar-refractivity contribution in [3.8, 4) is 0 Å². The molecule has 1 aliphatic heterocycles. The molecule has 1 aliphatic rings.